The van der Waals surface area contributed by atoms with Gasteiger partial charge in [0.05, 0.1) is 0 Å². The van der Waals surface area contributed by atoms with Gasteiger partial charge < -0.3 is 15.5 Å². The van der Waals surface area contributed by atoms with Gasteiger partial charge in [0.25, 0.3) is 5.91 Å². The molecule has 7 heteroatoms. The highest BCUT2D eigenvalue weighted by atomic mass is 16.2. The van der Waals surface area contributed by atoms with Gasteiger partial charge in [-0.2, -0.15) is 0 Å². The fourth-order valence-electron chi connectivity index (χ4n) is 2.19. The minimum absolute atomic E-state index is 0.0279. The molecule has 7 nitrogen and oxygen atoms in total. The Balaban J connectivity index is 1.89. The van der Waals surface area contributed by atoms with Gasteiger partial charge in [0.2, 0.25) is 5.91 Å². The third kappa shape index (κ3) is 4.14. The molecule has 21 heavy (non-hydrogen) atoms. The van der Waals surface area contributed by atoms with Gasteiger partial charge in [-0.1, -0.05) is 6.92 Å². The van der Waals surface area contributed by atoms with Gasteiger partial charge in [-0.25, -0.2) is 0 Å². The fraction of sp³-hybridized carbons (Fsp3) is 0.571. The van der Waals surface area contributed by atoms with Crippen LogP contribution in [0.25, 0.3) is 0 Å². The van der Waals surface area contributed by atoms with Crippen molar-refractivity contribution in [2.24, 2.45) is 0 Å². The molecule has 0 spiro atoms. The van der Waals surface area contributed by atoms with Crippen LogP contribution in [0.5, 0.6) is 0 Å². The molecule has 0 aromatic carbocycles. The van der Waals surface area contributed by atoms with Gasteiger partial charge in [0.1, 0.15) is 5.82 Å². The Labute approximate surface area is 124 Å². The molecule has 2 amide bonds. The fourth-order valence-corrected chi connectivity index (χ4v) is 2.19. The first-order valence-corrected chi connectivity index (χ1v) is 7.22. The molecule has 2 N–H and O–H groups in total. The molecule has 0 radical (unpaired) electrons. The van der Waals surface area contributed by atoms with E-state index in [0.29, 0.717) is 25.2 Å². The number of rotatable bonds is 5. The molecule has 1 aliphatic heterocycles. The van der Waals surface area contributed by atoms with Gasteiger partial charge in [-0.15, -0.1) is 10.2 Å². The van der Waals surface area contributed by atoms with E-state index in [0.717, 1.165) is 13.0 Å². The topological polar surface area (TPSA) is 87.2 Å². The largest absolute Gasteiger partial charge is 0.369 e. The summed E-state index contributed by atoms with van der Waals surface area (Å²) in [7, 11) is 1.74. The van der Waals surface area contributed by atoms with Crippen LogP contribution in [0.4, 0.5) is 5.82 Å². The van der Waals surface area contributed by atoms with E-state index in [1.165, 1.54) is 0 Å². The molecule has 2 rings (SSSR count). The lowest BCUT2D eigenvalue weighted by Gasteiger charge is -2.29. The number of likely N-dealkylation sites (tertiary alicyclic amines) is 1. The van der Waals surface area contributed by atoms with E-state index in [1.54, 1.807) is 24.1 Å². The lowest BCUT2D eigenvalue weighted by atomic mass is 10.1. The predicted octanol–water partition coefficient (Wildman–Crippen LogP) is 0.649. The summed E-state index contributed by atoms with van der Waals surface area (Å²) in [5, 5.41) is 13.9. The molecule has 1 aliphatic rings. The normalized spacial score (nSPS) is 18.5. The Morgan fingerprint density at radius 1 is 1.43 bits per heavy atom. The van der Waals surface area contributed by atoms with Crippen LogP contribution in [0.1, 0.15) is 36.7 Å². The molecule has 114 valence electrons. The summed E-state index contributed by atoms with van der Waals surface area (Å²) in [6, 6.07) is 3.37. The lowest BCUT2D eigenvalue weighted by Crippen LogP contribution is -2.48. The molecular weight excluding hydrogens is 270 g/mol. The van der Waals surface area contributed by atoms with E-state index < -0.39 is 0 Å². The first kappa shape index (κ1) is 15.2. The summed E-state index contributed by atoms with van der Waals surface area (Å²) in [6.07, 6.45) is 2.13. The lowest BCUT2D eigenvalue weighted by molar-refractivity contribution is -0.132. The molecule has 0 aliphatic carbocycles. The van der Waals surface area contributed by atoms with Crippen LogP contribution in [-0.2, 0) is 4.79 Å². The highest BCUT2D eigenvalue weighted by Crippen LogP contribution is 2.10. The highest BCUT2D eigenvalue weighted by Gasteiger charge is 2.24. The number of anilines is 1. The van der Waals surface area contributed by atoms with E-state index in [1.807, 2.05) is 0 Å². The zero-order chi connectivity index (χ0) is 15.2. The first-order valence-electron chi connectivity index (χ1n) is 7.22. The number of nitrogens with one attached hydrogen (secondary N) is 2. The quantitative estimate of drug-likeness (QED) is 0.831. The van der Waals surface area contributed by atoms with Crippen molar-refractivity contribution < 1.29 is 9.59 Å². The van der Waals surface area contributed by atoms with Crippen LogP contribution in [0, 0.1) is 0 Å². The van der Waals surface area contributed by atoms with Crippen LogP contribution < -0.4 is 10.6 Å². The van der Waals surface area contributed by atoms with Crippen molar-refractivity contribution in [1.29, 1.82) is 0 Å². The van der Waals surface area contributed by atoms with Gasteiger partial charge >= 0.3 is 0 Å². The number of aromatic nitrogens is 2. The molecule has 1 unspecified atom stereocenters. The summed E-state index contributed by atoms with van der Waals surface area (Å²) in [5.74, 6) is 0.528. The van der Waals surface area contributed by atoms with Crippen molar-refractivity contribution in [2.45, 2.75) is 32.2 Å². The van der Waals surface area contributed by atoms with Gasteiger partial charge in [0.15, 0.2) is 5.69 Å². The summed E-state index contributed by atoms with van der Waals surface area (Å²) in [5.41, 5.74) is 0.289. The van der Waals surface area contributed by atoms with E-state index in [9.17, 15) is 9.59 Å². The van der Waals surface area contributed by atoms with Crippen LogP contribution in [-0.4, -0.2) is 53.1 Å². The van der Waals surface area contributed by atoms with Crippen molar-refractivity contribution in [3.63, 3.8) is 0 Å². The number of carbonyl (C=O) groups excluding carboxylic acids is 2. The number of hydrogen-bond acceptors (Lipinski definition) is 5. The second-order valence-electron chi connectivity index (χ2n) is 5.21. The van der Waals surface area contributed by atoms with Crippen LogP contribution >= 0.6 is 0 Å². The molecule has 1 saturated heterocycles. The van der Waals surface area contributed by atoms with Gasteiger partial charge in [0, 0.05) is 32.6 Å². The van der Waals surface area contributed by atoms with Gasteiger partial charge in [-0.05, 0) is 25.0 Å². The van der Waals surface area contributed by atoms with Crippen LogP contribution in [0.15, 0.2) is 12.1 Å². The molecular formula is C14H21N5O2. The van der Waals surface area contributed by atoms with E-state index >= 15 is 0 Å². The smallest absolute Gasteiger partial charge is 0.272 e. The third-order valence-electron chi connectivity index (χ3n) is 3.42. The van der Waals surface area contributed by atoms with Crippen molar-refractivity contribution in [2.75, 3.05) is 25.5 Å². The minimum Gasteiger partial charge on any atom is -0.369 e. The molecule has 0 saturated carbocycles. The standard InChI is InChI=1S/C14H21N5O2/c1-3-8-15-12-6-5-11(17-18-12)14(21)16-10-4-7-13(20)19(2)9-10/h5-6,10H,3-4,7-9H2,1-2H3,(H,15,18)(H,16,21). The molecule has 1 fully saturated rings. The van der Waals surface area contributed by atoms with Crippen LogP contribution in [0.3, 0.4) is 0 Å². The van der Waals surface area contributed by atoms with Crippen LogP contribution in [0.2, 0.25) is 0 Å². The molecule has 0 bridgehead atoms. The summed E-state index contributed by atoms with van der Waals surface area (Å²) >= 11 is 0. The van der Waals surface area contributed by atoms with Crippen molar-refractivity contribution in [1.82, 2.24) is 20.4 Å². The number of piperidine rings is 1. The predicted molar refractivity (Wildman–Crippen MR) is 78.9 cm³/mol. The second-order valence-corrected chi connectivity index (χ2v) is 5.21. The van der Waals surface area contributed by atoms with Gasteiger partial charge in [-0.3, -0.25) is 9.59 Å². The maximum Gasteiger partial charge on any atom is 0.272 e. The molecule has 1 atom stereocenters. The summed E-state index contributed by atoms with van der Waals surface area (Å²) in [4.78, 5) is 25.1. The average molecular weight is 291 g/mol. The number of likely N-dealkylation sites (N-methyl/N-ethyl adjacent to an activating group) is 1. The zero-order valence-electron chi connectivity index (χ0n) is 12.4. The van der Waals surface area contributed by atoms with E-state index in [-0.39, 0.29) is 23.6 Å². The first-order chi connectivity index (χ1) is 10.1. The molecule has 1 aromatic heterocycles. The number of carbonyl (C=O) groups is 2. The average Bonchev–Trinajstić information content (AvgIpc) is 2.49. The summed E-state index contributed by atoms with van der Waals surface area (Å²) in [6.45, 7) is 3.42. The Hall–Kier alpha value is -2.18. The van der Waals surface area contributed by atoms with Crippen molar-refractivity contribution in [3.8, 4) is 0 Å². The Morgan fingerprint density at radius 2 is 2.24 bits per heavy atom. The maximum absolute atomic E-state index is 12.1. The zero-order valence-corrected chi connectivity index (χ0v) is 12.4. The number of amides is 2. The molecule has 2 heterocycles. The number of hydrogen-bond donors (Lipinski definition) is 2. The van der Waals surface area contributed by atoms with E-state index in [2.05, 4.69) is 27.8 Å². The van der Waals surface area contributed by atoms with E-state index in [4.69, 9.17) is 0 Å². The third-order valence-corrected chi connectivity index (χ3v) is 3.42. The monoisotopic (exact) mass is 291 g/mol. The Bertz CT molecular complexity index is 503. The van der Waals surface area contributed by atoms with Crippen molar-refractivity contribution in [3.05, 3.63) is 17.8 Å². The second kappa shape index (κ2) is 7.01. The maximum atomic E-state index is 12.1. The summed E-state index contributed by atoms with van der Waals surface area (Å²) < 4.78 is 0. The molecule has 1 aromatic rings. The highest BCUT2D eigenvalue weighted by molar-refractivity contribution is 5.92. The Kier molecular flexibility index (Phi) is 5.08. The number of nitrogens with zero attached hydrogens (tertiary/aromatic N) is 3. The Morgan fingerprint density at radius 3 is 2.86 bits per heavy atom. The minimum atomic E-state index is -0.253. The SMILES string of the molecule is CCCNc1ccc(C(=O)NC2CCC(=O)N(C)C2)nn1. The van der Waals surface area contributed by atoms with Crippen molar-refractivity contribution >= 4 is 17.6 Å².